The monoisotopic (exact) mass is 367 g/mol. The van der Waals surface area contributed by atoms with Crippen molar-refractivity contribution in [2.24, 2.45) is 0 Å². The number of nitrogens with zero attached hydrogens (tertiary/aromatic N) is 2. The molecular formula is C21H22FN3O2. The number of nitrogens with one attached hydrogen (secondary N) is 1. The van der Waals surface area contributed by atoms with Crippen LogP contribution in [0.1, 0.15) is 37.6 Å². The highest BCUT2D eigenvalue weighted by Crippen LogP contribution is 2.17. The molecule has 3 rings (SSSR count). The van der Waals surface area contributed by atoms with E-state index in [4.69, 9.17) is 4.52 Å². The third kappa shape index (κ3) is 5.48. The van der Waals surface area contributed by atoms with Gasteiger partial charge in [0.25, 0.3) is 0 Å². The highest BCUT2D eigenvalue weighted by atomic mass is 19.1. The van der Waals surface area contributed by atoms with Crippen LogP contribution in [0, 0.1) is 5.82 Å². The Labute approximate surface area is 157 Å². The molecule has 0 aliphatic carbocycles. The first-order chi connectivity index (χ1) is 13.1. The second-order valence-corrected chi connectivity index (χ2v) is 6.37. The van der Waals surface area contributed by atoms with E-state index in [2.05, 4.69) is 22.4 Å². The SMILES string of the molecule is CCCCc1ccc(NC(=O)CCc2nc(-c3cccc(F)c3)no2)cc1. The van der Waals surface area contributed by atoms with E-state index in [0.717, 1.165) is 24.9 Å². The van der Waals surface area contributed by atoms with E-state index in [9.17, 15) is 9.18 Å². The first kappa shape index (κ1) is 18.8. The van der Waals surface area contributed by atoms with E-state index in [1.807, 2.05) is 24.3 Å². The van der Waals surface area contributed by atoms with Crippen molar-refractivity contribution >= 4 is 11.6 Å². The first-order valence-electron chi connectivity index (χ1n) is 9.11. The van der Waals surface area contributed by atoms with Gasteiger partial charge in [0.05, 0.1) is 0 Å². The number of benzene rings is 2. The van der Waals surface area contributed by atoms with Gasteiger partial charge in [-0.1, -0.05) is 42.8 Å². The molecule has 0 aliphatic heterocycles. The van der Waals surface area contributed by atoms with Gasteiger partial charge >= 0.3 is 0 Å². The number of carbonyl (C=O) groups excluding carboxylic acids is 1. The van der Waals surface area contributed by atoms with Crippen LogP contribution >= 0.6 is 0 Å². The van der Waals surface area contributed by atoms with Crippen LogP contribution in [-0.4, -0.2) is 16.0 Å². The van der Waals surface area contributed by atoms with E-state index in [1.54, 1.807) is 12.1 Å². The van der Waals surface area contributed by atoms with Gasteiger partial charge in [-0.25, -0.2) is 4.39 Å². The van der Waals surface area contributed by atoms with E-state index >= 15 is 0 Å². The predicted molar refractivity (Wildman–Crippen MR) is 102 cm³/mol. The fourth-order valence-corrected chi connectivity index (χ4v) is 2.68. The minimum Gasteiger partial charge on any atom is -0.339 e. The summed E-state index contributed by atoms with van der Waals surface area (Å²) in [6.07, 6.45) is 3.92. The normalized spacial score (nSPS) is 10.7. The first-order valence-corrected chi connectivity index (χ1v) is 9.11. The zero-order chi connectivity index (χ0) is 19.1. The standard InChI is InChI=1S/C21H22FN3O2/c1-2-3-5-15-8-10-18(11-9-15)23-19(26)12-13-20-24-21(25-27-20)16-6-4-7-17(22)14-16/h4,6-11,14H,2-3,5,12-13H2,1H3,(H,23,26). The van der Waals surface area contributed by atoms with Crippen molar-refractivity contribution in [3.63, 3.8) is 0 Å². The summed E-state index contributed by atoms with van der Waals surface area (Å²) in [5.74, 6) is 0.174. The van der Waals surface area contributed by atoms with Crippen molar-refractivity contribution in [1.82, 2.24) is 10.1 Å². The number of hydrogen-bond acceptors (Lipinski definition) is 4. The van der Waals surface area contributed by atoms with Gasteiger partial charge in [-0.2, -0.15) is 4.98 Å². The molecule has 1 N–H and O–H groups in total. The van der Waals surface area contributed by atoms with Crippen LogP contribution in [0.15, 0.2) is 53.1 Å². The Bertz CT molecular complexity index is 890. The number of carbonyl (C=O) groups is 1. The number of aryl methyl sites for hydroxylation is 2. The molecule has 6 heteroatoms. The molecule has 0 saturated heterocycles. The zero-order valence-corrected chi connectivity index (χ0v) is 15.2. The lowest BCUT2D eigenvalue weighted by atomic mass is 10.1. The summed E-state index contributed by atoms with van der Waals surface area (Å²) in [7, 11) is 0. The fourth-order valence-electron chi connectivity index (χ4n) is 2.68. The molecule has 5 nitrogen and oxygen atoms in total. The molecule has 27 heavy (non-hydrogen) atoms. The molecule has 0 spiro atoms. The summed E-state index contributed by atoms with van der Waals surface area (Å²) in [6.45, 7) is 2.17. The van der Waals surface area contributed by atoms with Crippen LogP contribution in [0.3, 0.4) is 0 Å². The van der Waals surface area contributed by atoms with Crippen molar-refractivity contribution < 1.29 is 13.7 Å². The van der Waals surface area contributed by atoms with Crippen LogP contribution in [0.5, 0.6) is 0 Å². The van der Waals surface area contributed by atoms with Gasteiger partial charge in [-0.05, 0) is 42.7 Å². The van der Waals surface area contributed by atoms with Gasteiger partial charge in [0, 0.05) is 24.1 Å². The zero-order valence-electron chi connectivity index (χ0n) is 15.2. The summed E-state index contributed by atoms with van der Waals surface area (Å²) in [6, 6.07) is 13.9. The topological polar surface area (TPSA) is 68.0 Å². The van der Waals surface area contributed by atoms with Crippen LogP contribution in [-0.2, 0) is 17.6 Å². The molecule has 1 heterocycles. The van der Waals surface area contributed by atoms with Crippen LogP contribution in [0.2, 0.25) is 0 Å². The van der Waals surface area contributed by atoms with Crippen molar-refractivity contribution in [2.75, 3.05) is 5.32 Å². The Kier molecular flexibility index (Phi) is 6.30. The molecule has 3 aromatic rings. The number of halogens is 1. The molecule has 0 bridgehead atoms. The van der Waals surface area contributed by atoms with Crippen LogP contribution < -0.4 is 5.32 Å². The van der Waals surface area contributed by atoms with Crippen molar-refractivity contribution in [1.29, 1.82) is 0 Å². The Morgan fingerprint density at radius 3 is 2.70 bits per heavy atom. The molecule has 0 saturated carbocycles. The Morgan fingerprint density at radius 1 is 1.15 bits per heavy atom. The van der Waals surface area contributed by atoms with E-state index in [0.29, 0.717) is 23.7 Å². The second kappa shape index (κ2) is 9.07. The number of rotatable bonds is 8. The average molecular weight is 367 g/mol. The molecule has 140 valence electrons. The van der Waals surface area contributed by atoms with Gasteiger partial charge in [0.2, 0.25) is 17.6 Å². The van der Waals surface area contributed by atoms with Gasteiger partial charge in [-0.15, -0.1) is 0 Å². The van der Waals surface area contributed by atoms with Crippen LogP contribution in [0.4, 0.5) is 10.1 Å². The molecule has 2 aromatic carbocycles. The highest BCUT2D eigenvalue weighted by molar-refractivity contribution is 5.90. The number of unbranched alkanes of at least 4 members (excludes halogenated alkanes) is 1. The molecule has 0 atom stereocenters. The predicted octanol–water partition coefficient (Wildman–Crippen LogP) is 4.79. The van der Waals surface area contributed by atoms with E-state index in [1.165, 1.54) is 17.7 Å². The highest BCUT2D eigenvalue weighted by Gasteiger charge is 2.11. The third-order valence-corrected chi connectivity index (χ3v) is 4.17. The number of amides is 1. The Hall–Kier alpha value is -3.02. The minimum atomic E-state index is -0.362. The van der Waals surface area contributed by atoms with Gasteiger partial charge in [0.1, 0.15) is 5.82 Å². The summed E-state index contributed by atoms with van der Waals surface area (Å²) in [4.78, 5) is 16.3. The number of aromatic nitrogens is 2. The molecule has 0 fully saturated rings. The molecular weight excluding hydrogens is 345 g/mol. The summed E-state index contributed by atoms with van der Waals surface area (Å²) in [5.41, 5.74) is 2.58. The fraction of sp³-hybridized carbons (Fsp3) is 0.286. The quantitative estimate of drug-likeness (QED) is 0.621. The maximum absolute atomic E-state index is 13.3. The number of hydrogen-bond donors (Lipinski definition) is 1. The summed E-state index contributed by atoms with van der Waals surface area (Å²) in [5, 5.41) is 6.70. The Morgan fingerprint density at radius 2 is 1.96 bits per heavy atom. The maximum atomic E-state index is 13.3. The third-order valence-electron chi connectivity index (χ3n) is 4.17. The molecule has 0 aliphatic rings. The Balaban J connectivity index is 1.51. The lowest BCUT2D eigenvalue weighted by Crippen LogP contribution is -2.12. The summed E-state index contributed by atoms with van der Waals surface area (Å²) < 4.78 is 18.4. The van der Waals surface area contributed by atoms with E-state index < -0.39 is 0 Å². The maximum Gasteiger partial charge on any atom is 0.227 e. The van der Waals surface area contributed by atoms with Gasteiger partial charge in [0.15, 0.2) is 0 Å². The van der Waals surface area contributed by atoms with Crippen molar-refractivity contribution in [3.8, 4) is 11.4 Å². The molecule has 0 unspecified atom stereocenters. The largest absolute Gasteiger partial charge is 0.339 e. The lowest BCUT2D eigenvalue weighted by Gasteiger charge is -2.06. The van der Waals surface area contributed by atoms with Crippen molar-refractivity contribution in [3.05, 3.63) is 65.8 Å². The summed E-state index contributed by atoms with van der Waals surface area (Å²) >= 11 is 0. The van der Waals surface area contributed by atoms with E-state index in [-0.39, 0.29) is 18.1 Å². The lowest BCUT2D eigenvalue weighted by molar-refractivity contribution is -0.116. The number of anilines is 1. The average Bonchev–Trinajstić information content (AvgIpc) is 3.15. The minimum absolute atomic E-state index is 0.123. The van der Waals surface area contributed by atoms with Gasteiger partial charge < -0.3 is 9.84 Å². The molecule has 1 aromatic heterocycles. The smallest absolute Gasteiger partial charge is 0.227 e. The van der Waals surface area contributed by atoms with Crippen LogP contribution in [0.25, 0.3) is 11.4 Å². The van der Waals surface area contributed by atoms with Crippen molar-refractivity contribution in [2.45, 2.75) is 39.0 Å². The molecule has 1 amide bonds. The van der Waals surface area contributed by atoms with Gasteiger partial charge in [-0.3, -0.25) is 4.79 Å². The second-order valence-electron chi connectivity index (χ2n) is 6.37. The molecule has 0 radical (unpaired) electrons.